The van der Waals surface area contributed by atoms with Gasteiger partial charge in [-0.3, -0.25) is 0 Å². The third-order valence-electron chi connectivity index (χ3n) is 2.86. The predicted octanol–water partition coefficient (Wildman–Crippen LogP) is 3.63. The summed E-state index contributed by atoms with van der Waals surface area (Å²) in [5.74, 6) is -0.197. The molecule has 0 aliphatic rings. The Hall–Kier alpha value is -2.09. The average Bonchev–Trinajstić information content (AvgIpc) is 2.76. The largest absolute Gasteiger partial charge is 0.342 e. The van der Waals surface area contributed by atoms with Crippen LogP contribution in [0.5, 0.6) is 0 Å². The molecule has 1 heterocycles. The van der Waals surface area contributed by atoms with E-state index in [9.17, 15) is 4.39 Å². The molecule has 0 amide bonds. The second-order valence-electron chi connectivity index (χ2n) is 4.04. The smallest absolute Gasteiger partial charge is 0.123 e. The number of hydrogen-bond acceptors (Lipinski definition) is 0. The summed E-state index contributed by atoms with van der Waals surface area (Å²) in [4.78, 5) is 0. The summed E-state index contributed by atoms with van der Waals surface area (Å²) in [6.45, 7) is 0.740. The molecule has 0 saturated heterocycles. The van der Waals surface area contributed by atoms with Crippen LogP contribution < -0.4 is 0 Å². The Bertz CT molecular complexity index is 637. The Morgan fingerprint density at radius 1 is 1.00 bits per heavy atom. The molecule has 2 heteroatoms. The quantitative estimate of drug-likeness (QED) is 0.626. The first kappa shape index (κ1) is 10.1. The molecule has 3 aromatic rings. The number of benzene rings is 2. The average molecular weight is 224 g/mol. The van der Waals surface area contributed by atoms with E-state index < -0.39 is 0 Å². The van der Waals surface area contributed by atoms with E-state index >= 15 is 0 Å². The van der Waals surface area contributed by atoms with Crippen molar-refractivity contribution in [2.45, 2.75) is 6.54 Å². The fourth-order valence-corrected chi connectivity index (χ4v) is 1.98. The monoisotopic (exact) mass is 224 g/mol. The van der Waals surface area contributed by atoms with E-state index in [1.165, 1.54) is 12.1 Å². The molecular weight excluding hydrogens is 213 g/mol. The van der Waals surface area contributed by atoms with Gasteiger partial charge in [0.1, 0.15) is 5.82 Å². The molecule has 0 unspecified atom stereocenters. The summed E-state index contributed by atoms with van der Waals surface area (Å²) in [5.41, 5.74) is 2.23. The van der Waals surface area contributed by atoms with Gasteiger partial charge in [-0.15, -0.1) is 0 Å². The van der Waals surface area contributed by atoms with E-state index in [0.29, 0.717) is 0 Å². The molecular formula is C15H11FN. The third kappa shape index (κ3) is 1.94. The standard InChI is InChI=1S/C15H11FN/c16-14-7-5-12(6-8-14)11-17-10-9-13-3-1-2-4-15(13)17/h1-8,10H,11H2. The minimum absolute atomic E-state index is 0.197. The van der Waals surface area contributed by atoms with Crippen molar-refractivity contribution in [3.05, 3.63) is 72.2 Å². The summed E-state index contributed by atoms with van der Waals surface area (Å²) >= 11 is 0. The predicted molar refractivity (Wildman–Crippen MR) is 66.3 cm³/mol. The Balaban J connectivity index is 1.97. The first-order chi connectivity index (χ1) is 8.33. The summed E-state index contributed by atoms with van der Waals surface area (Å²) < 4.78 is 14.9. The molecule has 0 spiro atoms. The fourth-order valence-electron chi connectivity index (χ4n) is 1.98. The van der Waals surface area contributed by atoms with Crippen molar-refractivity contribution >= 4 is 10.9 Å². The first-order valence-corrected chi connectivity index (χ1v) is 5.53. The summed E-state index contributed by atoms with van der Waals surface area (Å²) in [5, 5.41) is 1.11. The van der Waals surface area contributed by atoms with Crippen LogP contribution in [-0.4, -0.2) is 4.57 Å². The molecule has 0 N–H and O–H groups in total. The van der Waals surface area contributed by atoms with Crippen LogP contribution in [-0.2, 0) is 6.54 Å². The van der Waals surface area contributed by atoms with Crippen LogP contribution in [0.15, 0.2) is 54.7 Å². The van der Waals surface area contributed by atoms with E-state index in [2.05, 4.69) is 16.7 Å². The lowest BCUT2D eigenvalue weighted by atomic mass is 10.2. The first-order valence-electron chi connectivity index (χ1n) is 5.53. The topological polar surface area (TPSA) is 4.93 Å². The second kappa shape index (κ2) is 4.06. The molecule has 3 rings (SSSR count). The lowest BCUT2D eigenvalue weighted by Gasteiger charge is -2.05. The minimum Gasteiger partial charge on any atom is -0.342 e. The zero-order valence-electron chi connectivity index (χ0n) is 9.23. The van der Waals surface area contributed by atoms with Crippen molar-refractivity contribution in [1.29, 1.82) is 0 Å². The summed E-state index contributed by atoms with van der Waals surface area (Å²) in [6, 6.07) is 17.9. The molecule has 1 radical (unpaired) electrons. The van der Waals surface area contributed by atoms with Gasteiger partial charge in [0.15, 0.2) is 0 Å². The van der Waals surface area contributed by atoms with E-state index in [1.807, 2.05) is 36.5 Å². The van der Waals surface area contributed by atoms with E-state index in [1.54, 1.807) is 0 Å². The maximum atomic E-state index is 12.8. The SMILES string of the molecule is Fc1ccc(Cn2c[c]c3ccccc32)cc1. The van der Waals surface area contributed by atoms with Crippen molar-refractivity contribution < 1.29 is 4.39 Å². The van der Waals surface area contributed by atoms with Crippen molar-refractivity contribution in [2.75, 3.05) is 0 Å². The van der Waals surface area contributed by atoms with Crippen molar-refractivity contribution in [2.24, 2.45) is 0 Å². The Labute approximate surface area is 99.1 Å². The Morgan fingerprint density at radius 3 is 2.59 bits per heavy atom. The van der Waals surface area contributed by atoms with Gasteiger partial charge in [-0.2, -0.15) is 0 Å². The maximum absolute atomic E-state index is 12.8. The highest BCUT2D eigenvalue weighted by Gasteiger charge is 2.01. The van der Waals surface area contributed by atoms with Crippen molar-refractivity contribution in [3.63, 3.8) is 0 Å². The van der Waals surface area contributed by atoms with Gasteiger partial charge in [0.05, 0.1) is 0 Å². The van der Waals surface area contributed by atoms with Gasteiger partial charge in [0.25, 0.3) is 0 Å². The molecule has 1 aromatic heterocycles. The summed E-state index contributed by atoms with van der Waals surface area (Å²) in [7, 11) is 0. The lowest BCUT2D eigenvalue weighted by Crippen LogP contribution is -1.97. The number of hydrogen-bond donors (Lipinski definition) is 0. The number of rotatable bonds is 2. The molecule has 0 aliphatic carbocycles. The Morgan fingerprint density at radius 2 is 1.76 bits per heavy atom. The van der Waals surface area contributed by atoms with Gasteiger partial charge in [-0.1, -0.05) is 30.3 Å². The molecule has 83 valence electrons. The molecule has 2 aromatic carbocycles. The number of para-hydroxylation sites is 1. The Kier molecular flexibility index (Phi) is 2.41. The fraction of sp³-hybridized carbons (Fsp3) is 0.0667. The van der Waals surface area contributed by atoms with E-state index in [4.69, 9.17) is 0 Å². The van der Waals surface area contributed by atoms with Crippen molar-refractivity contribution in [3.8, 4) is 0 Å². The van der Waals surface area contributed by atoms with Crippen LogP contribution in [0.2, 0.25) is 0 Å². The van der Waals surface area contributed by atoms with Gasteiger partial charge >= 0.3 is 0 Å². The summed E-state index contributed by atoms with van der Waals surface area (Å²) in [6.07, 6.45) is 1.94. The molecule has 0 bridgehead atoms. The highest BCUT2D eigenvalue weighted by molar-refractivity contribution is 5.79. The van der Waals surface area contributed by atoms with Crippen LogP contribution in [0.4, 0.5) is 4.39 Å². The number of nitrogens with zero attached hydrogens (tertiary/aromatic N) is 1. The minimum atomic E-state index is -0.197. The second-order valence-corrected chi connectivity index (χ2v) is 4.04. The van der Waals surface area contributed by atoms with Crippen LogP contribution in [0, 0.1) is 11.9 Å². The molecule has 0 saturated carbocycles. The zero-order chi connectivity index (χ0) is 11.7. The highest BCUT2D eigenvalue weighted by Crippen LogP contribution is 2.16. The number of aromatic nitrogens is 1. The molecule has 0 atom stereocenters. The maximum Gasteiger partial charge on any atom is 0.123 e. The molecule has 1 nitrogen and oxygen atoms in total. The van der Waals surface area contributed by atoms with Gasteiger partial charge in [-0.05, 0) is 23.8 Å². The lowest BCUT2D eigenvalue weighted by molar-refractivity contribution is 0.626. The van der Waals surface area contributed by atoms with Gasteiger partial charge < -0.3 is 4.57 Å². The number of fused-ring (bicyclic) bond motifs is 1. The highest BCUT2D eigenvalue weighted by atomic mass is 19.1. The molecule has 0 aliphatic heterocycles. The zero-order valence-corrected chi connectivity index (χ0v) is 9.23. The van der Waals surface area contributed by atoms with Crippen LogP contribution in [0.25, 0.3) is 10.9 Å². The van der Waals surface area contributed by atoms with E-state index in [0.717, 1.165) is 23.0 Å². The third-order valence-corrected chi connectivity index (χ3v) is 2.86. The van der Waals surface area contributed by atoms with Crippen LogP contribution in [0.3, 0.4) is 0 Å². The van der Waals surface area contributed by atoms with Crippen LogP contribution >= 0.6 is 0 Å². The normalized spacial score (nSPS) is 10.9. The van der Waals surface area contributed by atoms with Gasteiger partial charge in [0, 0.05) is 29.7 Å². The number of halogens is 1. The van der Waals surface area contributed by atoms with E-state index in [-0.39, 0.29) is 5.82 Å². The van der Waals surface area contributed by atoms with Crippen molar-refractivity contribution in [1.82, 2.24) is 4.57 Å². The molecule has 17 heavy (non-hydrogen) atoms. The van der Waals surface area contributed by atoms with Gasteiger partial charge in [0.2, 0.25) is 0 Å². The van der Waals surface area contributed by atoms with Gasteiger partial charge in [-0.25, -0.2) is 4.39 Å². The molecule has 0 fully saturated rings. The van der Waals surface area contributed by atoms with Crippen LogP contribution in [0.1, 0.15) is 5.56 Å².